The van der Waals surface area contributed by atoms with Crippen LogP contribution in [0.25, 0.3) is 0 Å². The summed E-state index contributed by atoms with van der Waals surface area (Å²) in [6.45, 7) is 0. The van der Waals surface area contributed by atoms with Gasteiger partial charge in [0.2, 0.25) is 0 Å². The van der Waals surface area contributed by atoms with Gasteiger partial charge in [-0.1, -0.05) is 23.2 Å². The lowest BCUT2D eigenvalue weighted by molar-refractivity contribution is -0.136. The van der Waals surface area contributed by atoms with Crippen LogP contribution in [0.5, 0.6) is 0 Å². The summed E-state index contributed by atoms with van der Waals surface area (Å²) in [5.74, 6) is -1.63. The van der Waals surface area contributed by atoms with Gasteiger partial charge in [-0.05, 0) is 43.9 Å². The first-order valence-electron chi connectivity index (χ1n) is 6.17. The smallest absolute Gasteiger partial charge is 0.318 e. The summed E-state index contributed by atoms with van der Waals surface area (Å²) < 4.78 is 0. The SMILES string of the molecule is O=C(NN=C1CCCC1)C(=O)Nc1cc(Cl)cc(Cl)c1. The monoisotopic (exact) mass is 313 g/mol. The van der Waals surface area contributed by atoms with Crippen LogP contribution in [-0.2, 0) is 9.59 Å². The van der Waals surface area contributed by atoms with Gasteiger partial charge in [-0.25, -0.2) is 5.43 Å². The zero-order chi connectivity index (χ0) is 14.5. The molecule has 20 heavy (non-hydrogen) atoms. The van der Waals surface area contributed by atoms with E-state index in [2.05, 4.69) is 15.8 Å². The Labute approximate surface area is 126 Å². The summed E-state index contributed by atoms with van der Waals surface area (Å²) in [5.41, 5.74) is 3.52. The Hall–Kier alpha value is -1.59. The van der Waals surface area contributed by atoms with E-state index in [-0.39, 0.29) is 0 Å². The van der Waals surface area contributed by atoms with Gasteiger partial charge in [0.25, 0.3) is 0 Å². The van der Waals surface area contributed by atoms with Crippen LogP contribution in [-0.4, -0.2) is 17.5 Å². The first-order valence-corrected chi connectivity index (χ1v) is 6.93. The molecule has 0 heterocycles. The van der Waals surface area contributed by atoms with Gasteiger partial charge < -0.3 is 5.32 Å². The number of benzene rings is 1. The summed E-state index contributed by atoms with van der Waals surface area (Å²) in [5, 5.41) is 7.08. The second kappa shape index (κ2) is 6.72. The van der Waals surface area contributed by atoms with Crippen LogP contribution in [0, 0.1) is 0 Å². The number of nitrogens with zero attached hydrogens (tertiary/aromatic N) is 1. The van der Waals surface area contributed by atoms with Gasteiger partial charge in [0, 0.05) is 21.4 Å². The minimum absolute atomic E-state index is 0.358. The fourth-order valence-corrected chi connectivity index (χ4v) is 2.42. The molecule has 2 N–H and O–H groups in total. The maximum atomic E-state index is 11.7. The zero-order valence-electron chi connectivity index (χ0n) is 10.6. The van der Waals surface area contributed by atoms with Crippen molar-refractivity contribution in [2.45, 2.75) is 25.7 Å². The van der Waals surface area contributed by atoms with E-state index in [0.29, 0.717) is 15.7 Å². The number of nitrogens with one attached hydrogen (secondary N) is 2. The van der Waals surface area contributed by atoms with Crippen LogP contribution < -0.4 is 10.7 Å². The van der Waals surface area contributed by atoms with Gasteiger partial charge in [0.05, 0.1) is 0 Å². The van der Waals surface area contributed by atoms with Crippen molar-refractivity contribution >= 4 is 46.4 Å². The standard InChI is InChI=1S/C13H13Cl2N3O2/c14-8-5-9(15)7-11(6-8)16-12(19)13(20)18-17-10-3-1-2-4-10/h5-7H,1-4H2,(H,16,19)(H,18,20). The molecule has 1 aliphatic rings. The van der Waals surface area contributed by atoms with Gasteiger partial charge in [-0.2, -0.15) is 5.10 Å². The van der Waals surface area contributed by atoms with Crippen molar-refractivity contribution in [1.82, 2.24) is 5.43 Å². The molecule has 1 saturated carbocycles. The molecule has 1 fully saturated rings. The molecule has 0 atom stereocenters. The number of rotatable bonds is 2. The highest BCUT2D eigenvalue weighted by molar-refractivity contribution is 6.40. The molecule has 5 nitrogen and oxygen atoms in total. The molecule has 0 bridgehead atoms. The summed E-state index contributed by atoms with van der Waals surface area (Å²) in [7, 11) is 0. The molecular formula is C13H13Cl2N3O2. The van der Waals surface area contributed by atoms with Crippen LogP contribution in [0.3, 0.4) is 0 Å². The normalized spacial score (nSPS) is 14.0. The molecule has 1 aromatic rings. The van der Waals surface area contributed by atoms with Gasteiger partial charge in [0.1, 0.15) is 0 Å². The van der Waals surface area contributed by atoms with Crippen LogP contribution in [0.1, 0.15) is 25.7 Å². The molecule has 1 aliphatic carbocycles. The number of hydrogen-bond donors (Lipinski definition) is 2. The maximum Gasteiger partial charge on any atom is 0.329 e. The highest BCUT2D eigenvalue weighted by Crippen LogP contribution is 2.22. The van der Waals surface area contributed by atoms with Crippen LogP contribution in [0.2, 0.25) is 10.0 Å². The van der Waals surface area contributed by atoms with Gasteiger partial charge in [-0.15, -0.1) is 0 Å². The topological polar surface area (TPSA) is 70.6 Å². The molecule has 0 aliphatic heterocycles. The first-order chi connectivity index (χ1) is 9.54. The Morgan fingerprint density at radius 3 is 2.20 bits per heavy atom. The quantitative estimate of drug-likeness (QED) is 0.651. The van der Waals surface area contributed by atoms with E-state index in [4.69, 9.17) is 23.2 Å². The lowest BCUT2D eigenvalue weighted by Gasteiger charge is -2.05. The number of amides is 2. The minimum Gasteiger partial charge on any atom is -0.318 e. The van der Waals surface area contributed by atoms with Crippen LogP contribution in [0.4, 0.5) is 5.69 Å². The second-order valence-electron chi connectivity index (χ2n) is 4.44. The van der Waals surface area contributed by atoms with Crippen molar-refractivity contribution in [1.29, 1.82) is 0 Å². The molecule has 0 aromatic heterocycles. The Kier molecular flexibility index (Phi) is 4.98. The van der Waals surface area contributed by atoms with Crippen molar-refractivity contribution < 1.29 is 9.59 Å². The Morgan fingerprint density at radius 1 is 1.00 bits per heavy atom. The van der Waals surface area contributed by atoms with E-state index in [9.17, 15) is 9.59 Å². The van der Waals surface area contributed by atoms with Crippen LogP contribution >= 0.6 is 23.2 Å². The highest BCUT2D eigenvalue weighted by Gasteiger charge is 2.15. The van der Waals surface area contributed by atoms with E-state index in [1.165, 1.54) is 18.2 Å². The first kappa shape index (κ1) is 14.8. The average Bonchev–Trinajstić information content (AvgIpc) is 2.87. The third-order valence-corrected chi connectivity index (χ3v) is 3.26. The summed E-state index contributed by atoms with van der Waals surface area (Å²) >= 11 is 11.6. The van der Waals surface area contributed by atoms with Crippen molar-refractivity contribution in [3.05, 3.63) is 28.2 Å². The number of carbonyl (C=O) groups is 2. The number of hydrogen-bond acceptors (Lipinski definition) is 3. The lowest BCUT2D eigenvalue weighted by Crippen LogP contribution is -2.32. The van der Waals surface area contributed by atoms with Crippen molar-refractivity contribution in [3.63, 3.8) is 0 Å². The predicted octanol–water partition coefficient (Wildman–Crippen LogP) is 2.98. The van der Waals surface area contributed by atoms with Crippen molar-refractivity contribution in [2.75, 3.05) is 5.32 Å². The molecule has 0 saturated heterocycles. The molecule has 0 unspecified atom stereocenters. The fourth-order valence-electron chi connectivity index (χ4n) is 1.89. The molecule has 1 aromatic carbocycles. The molecule has 0 spiro atoms. The van der Waals surface area contributed by atoms with Gasteiger partial charge >= 0.3 is 11.8 Å². The second-order valence-corrected chi connectivity index (χ2v) is 5.31. The number of hydrazone groups is 1. The van der Waals surface area contributed by atoms with E-state index < -0.39 is 11.8 Å². The third kappa shape index (κ3) is 4.21. The molecule has 0 radical (unpaired) electrons. The van der Waals surface area contributed by atoms with Gasteiger partial charge in [0.15, 0.2) is 0 Å². The lowest BCUT2D eigenvalue weighted by atomic mass is 10.3. The Bertz CT molecular complexity index is 544. The summed E-state index contributed by atoms with van der Waals surface area (Å²) in [6, 6.07) is 4.54. The largest absolute Gasteiger partial charge is 0.329 e. The average molecular weight is 314 g/mol. The van der Waals surface area contributed by atoms with E-state index in [1.807, 2.05) is 0 Å². The molecular weight excluding hydrogens is 301 g/mol. The zero-order valence-corrected chi connectivity index (χ0v) is 12.1. The van der Waals surface area contributed by atoms with Gasteiger partial charge in [-0.3, -0.25) is 9.59 Å². The summed E-state index contributed by atoms with van der Waals surface area (Å²) in [6.07, 6.45) is 3.88. The highest BCUT2D eigenvalue weighted by atomic mass is 35.5. The minimum atomic E-state index is -0.819. The Morgan fingerprint density at radius 2 is 1.60 bits per heavy atom. The fraction of sp³-hybridized carbons (Fsp3) is 0.308. The molecule has 7 heteroatoms. The molecule has 106 valence electrons. The maximum absolute atomic E-state index is 11.7. The predicted molar refractivity (Wildman–Crippen MR) is 79.1 cm³/mol. The molecule has 2 rings (SSSR count). The van der Waals surface area contributed by atoms with E-state index >= 15 is 0 Å². The number of halogens is 2. The summed E-state index contributed by atoms with van der Waals surface area (Å²) in [4.78, 5) is 23.2. The number of anilines is 1. The van der Waals surface area contributed by atoms with Crippen molar-refractivity contribution in [2.24, 2.45) is 5.10 Å². The van der Waals surface area contributed by atoms with Crippen LogP contribution in [0.15, 0.2) is 23.3 Å². The van der Waals surface area contributed by atoms with E-state index in [0.717, 1.165) is 31.4 Å². The van der Waals surface area contributed by atoms with E-state index in [1.54, 1.807) is 0 Å². The third-order valence-electron chi connectivity index (χ3n) is 2.82. The number of carbonyl (C=O) groups excluding carboxylic acids is 2. The van der Waals surface area contributed by atoms with Crippen molar-refractivity contribution in [3.8, 4) is 0 Å². The Balaban J connectivity index is 1.93. The molecule has 2 amide bonds.